The summed E-state index contributed by atoms with van der Waals surface area (Å²) in [4.78, 5) is 0. The second-order valence-electron chi connectivity index (χ2n) is 1.97. The monoisotopic (exact) mass is 233 g/mol. The van der Waals surface area contributed by atoms with Crippen molar-refractivity contribution in [3.05, 3.63) is 0 Å². The number of hydrogen-bond donors (Lipinski definition) is 0. The molecule has 0 rings (SSSR count). The molecule has 57 valence electrons. The van der Waals surface area contributed by atoms with Crippen LogP contribution >= 0.6 is 0 Å². The molecule has 0 aliphatic rings. The molecule has 0 aliphatic carbocycles. The Morgan fingerprint density at radius 1 is 1.00 bits per heavy atom. The van der Waals surface area contributed by atoms with Crippen molar-refractivity contribution in [1.82, 2.24) is 0 Å². The van der Waals surface area contributed by atoms with E-state index in [-0.39, 0.29) is 0 Å². The van der Waals surface area contributed by atoms with Crippen LogP contribution in [0.25, 0.3) is 0 Å². The van der Waals surface area contributed by atoms with Crippen LogP contribution in [0, 0.1) is 0 Å². The van der Waals surface area contributed by atoms with E-state index in [2.05, 4.69) is 31.5 Å². The lowest BCUT2D eigenvalue weighted by atomic mass is 11.9. The Labute approximate surface area is 82.4 Å². The van der Waals surface area contributed by atoms with E-state index in [0.717, 1.165) is 0 Å². The molecule has 0 aromatic heterocycles. The van der Waals surface area contributed by atoms with Gasteiger partial charge in [0.2, 0.25) is 31.5 Å². The van der Waals surface area contributed by atoms with E-state index < -0.39 is 23.5 Å². The Bertz CT molecular complexity index is 100. The Hall–Kier alpha value is 1.24. The summed E-state index contributed by atoms with van der Waals surface area (Å²) in [7, 11) is 5.47. The molecule has 0 aromatic carbocycles. The molecule has 0 aliphatic heterocycles. The first kappa shape index (κ1) is 12.2. The molecule has 0 bridgehead atoms. The summed E-state index contributed by atoms with van der Waals surface area (Å²) in [5.41, 5.74) is 0. The molecule has 0 fully saturated rings. The van der Waals surface area contributed by atoms with E-state index in [1.807, 2.05) is 11.6 Å². The Morgan fingerprint density at radius 3 is 1.45 bits per heavy atom. The standard InChI is InChI=1S/2CH3.Al.O4Si4/c;;;1-8(2-5,3-6)4-7/h2*1H3;;/q;;+1;-1. The van der Waals surface area contributed by atoms with Crippen LogP contribution in [0.2, 0.25) is 11.6 Å². The molecule has 9 heteroatoms. The lowest BCUT2D eigenvalue weighted by Crippen LogP contribution is -2.50. The first-order valence-electron chi connectivity index (χ1n) is 2.82. The van der Waals surface area contributed by atoms with Crippen LogP contribution in [0.4, 0.5) is 0 Å². The number of hydrogen-bond acceptors (Lipinski definition) is 4. The van der Waals surface area contributed by atoms with Crippen molar-refractivity contribution in [2.24, 2.45) is 0 Å². The molecule has 0 unspecified atom stereocenters. The first-order chi connectivity index (χ1) is 5.10. The van der Waals surface area contributed by atoms with Crippen LogP contribution in [-0.4, -0.2) is 55.0 Å². The fourth-order valence-corrected chi connectivity index (χ4v) is 6.23. The summed E-state index contributed by atoms with van der Waals surface area (Å²) in [6.45, 7) is 0. The fourth-order valence-electron chi connectivity index (χ4n) is 0.423. The normalized spacial score (nSPS) is 11.7. The molecule has 9 radical (unpaired) electrons. The van der Waals surface area contributed by atoms with E-state index in [1.165, 1.54) is 0 Å². The van der Waals surface area contributed by atoms with Crippen LogP contribution in [0.3, 0.4) is 0 Å². The minimum atomic E-state index is -2.98. The highest BCUT2D eigenvalue weighted by atomic mass is 28.5. The molecule has 11 heavy (non-hydrogen) atoms. The van der Waals surface area contributed by atoms with Crippen molar-refractivity contribution in [3.63, 3.8) is 0 Å². The fraction of sp³-hybridized carbons (Fsp3) is 1.00. The lowest BCUT2D eigenvalue weighted by Gasteiger charge is -2.26. The molecule has 0 saturated carbocycles. The van der Waals surface area contributed by atoms with Gasteiger partial charge in [0.15, 0.2) is 0 Å². The third kappa shape index (κ3) is 4.13. The Kier molecular flexibility index (Phi) is 6.47. The van der Waals surface area contributed by atoms with Gasteiger partial charge in [-0.25, -0.2) is 0 Å². The minimum Gasteiger partial charge on any atom is -0.482 e. The van der Waals surface area contributed by atoms with Gasteiger partial charge >= 0.3 is 23.5 Å². The van der Waals surface area contributed by atoms with Crippen molar-refractivity contribution in [2.75, 3.05) is 0 Å². The summed E-state index contributed by atoms with van der Waals surface area (Å²) in [6, 6.07) is 0. The molecule has 0 amide bonds. The molecule has 0 heterocycles. The average molecular weight is 233 g/mol. The summed E-state index contributed by atoms with van der Waals surface area (Å²) >= 11 is -1.26. The minimum absolute atomic E-state index is 1.26. The lowest BCUT2D eigenvalue weighted by molar-refractivity contribution is 0.182. The largest absolute Gasteiger partial charge is 0.617 e. The highest BCUT2D eigenvalue weighted by Crippen LogP contribution is 2.07. The molecular formula is C2H6AlO4Si4. The van der Waals surface area contributed by atoms with Gasteiger partial charge < -0.3 is 15.8 Å². The molecule has 0 N–H and O–H groups in total. The van der Waals surface area contributed by atoms with E-state index in [1.54, 1.807) is 0 Å². The maximum atomic E-state index is 5.35. The Morgan fingerprint density at radius 2 is 1.36 bits per heavy atom. The van der Waals surface area contributed by atoms with Crippen molar-refractivity contribution in [1.29, 1.82) is 0 Å². The maximum absolute atomic E-state index is 5.35. The predicted octanol–water partition coefficient (Wildman–Crippen LogP) is -1.01. The average Bonchev–Trinajstić information content (AvgIpc) is 2.00. The van der Waals surface area contributed by atoms with E-state index in [4.69, 9.17) is 15.8 Å². The van der Waals surface area contributed by atoms with Gasteiger partial charge in [0.25, 0.3) is 0 Å². The zero-order chi connectivity index (χ0) is 8.91. The maximum Gasteiger partial charge on any atom is 0.617 e. The quantitative estimate of drug-likeness (QED) is 0.570. The van der Waals surface area contributed by atoms with Crippen molar-refractivity contribution >= 4 is 55.0 Å². The van der Waals surface area contributed by atoms with Gasteiger partial charge in [-0.1, -0.05) is 11.6 Å². The third-order valence-electron chi connectivity index (χ3n) is 0.755. The van der Waals surface area contributed by atoms with Crippen LogP contribution < -0.4 is 0 Å². The summed E-state index contributed by atoms with van der Waals surface area (Å²) in [5.74, 6) is 3.95. The molecule has 0 atom stereocenters. The van der Waals surface area contributed by atoms with Crippen LogP contribution in [0.1, 0.15) is 0 Å². The summed E-state index contributed by atoms with van der Waals surface area (Å²) < 4.78 is 19.6. The molecule has 4 nitrogen and oxygen atoms in total. The van der Waals surface area contributed by atoms with E-state index in [9.17, 15) is 0 Å². The zero-order valence-corrected chi connectivity index (χ0v) is 11.4. The SMILES string of the molecule is [CH3][Al]([CH3])[O][Si](O[Si])(O[Si])O[Si]. The van der Waals surface area contributed by atoms with Gasteiger partial charge in [0.1, 0.15) is 0 Å². The number of rotatable bonds is 5. The molecular weight excluding hydrogens is 227 g/mol. The van der Waals surface area contributed by atoms with Crippen LogP contribution in [-0.2, 0) is 15.8 Å². The highest BCUT2D eigenvalue weighted by Gasteiger charge is 2.40. The first-order valence-corrected chi connectivity index (χ1v) is 8.46. The van der Waals surface area contributed by atoms with E-state index >= 15 is 0 Å². The molecule has 0 aromatic rings. The second-order valence-corrected chi connectivity index (χ2v) is 8.46. The summed E-state index contributed by atoms with van der Waals surface area (Å²) in [6.07, 6.45) is 0. The highest BCUT2D eigenvalue weighted by molar-refractivity contribution is 6.71. The Balaban J connectivity index is 4.05. The predicted molar refractivity (Wildman–Crippen MR) is 44.8 cm³/mol. The van der Waals surface area contributed by atoms with Gasteiger partial charge in [-0.2, -0.15) is 0 Å². The summed E-state index contributed by atoms with van der Waals surface area (Å²) in [5, 5.41) is 0. The van der Waals surface area contributed by atoms with Gasteiger partial charge in [0.05, 0.1) is 0 Å². The topological polar surface area (TPSA) is 36.9 Å². The smallest absolute Gasteiger partial charge is 0.482 e. The van der Waals surface area contributed by atoms with Crippen LogP contribution in [0.15, 0.2) is 0 Å². The van der Waals surface area contributed by atoms with Gasteiger partial charge in [0, 0.05) is 0 Å². The third-order valence-corrected chi connectivity index (χ3v) is 6.80. The van der Waals surface area contributed by atoms with Crippen molar-refractivity contribution < 1.29 is 15.8 Å². The van der Waals surface area contributed by atoms with Crippen molar-refractivity contribution in [2.45, 2.75) is 11.6 Å². The van der Waals surface area contributed by atoms with E-state index in [0.29, 0.717) is 0 Å². The van der Waals surface area contributed by atoms with Gasteiger partial charge in [-0.05, 0) is 0 Å². The second kappa shape index (κ2) is 5.81. The van der Waals surface area contributed by atoms with Crippen molar-refractivity contribution in [3.8, 4) is 0 Å². The molecule has 0 spiro atoms. The van der Waals surface area contributed by atoms with Gasteiger partial charge in [-0.3, -0.25) is 0 Å². The van der Waals surface area contributed by atoms with Gasteiger partial charge in [-0.15, -0.1) is 0 Å². The van der Waals surface area contributed by atoms with Crippen LogP contribution in [0.5, 0.6) is 0 Å². The zero-order valence-electron chi connectivity index (χ0n) is 6.21. The molecule has 0 saturated heterocycles.